The largest absolute Gasteiger partial charge is 0.394 e. The van der Waals surface area contributed by atoms with E-state index in [0.29, 0.717) is 5.92 Å². The number of rotatable bonds is 4. The van der Waals surface area contributed by atoms with Gasteiger partial charge >= 0.3 is 0 Å². The minimum absolute atomic E-state index is 0. The molecule has 0 aliphatic rings. The van der Waals surface area contributed by atoms with Gasteiger partial charge in [0.05, 0.1) is 18.8 Å². The first-order valence-corrected chi connectivity index (χ1v) is 5.33. The Balaban J connectivity index is -0.000000180. The van der Waals surface area contributed by atoms with Gasteiger partial charge in [0.15, 0.2) is 0 Å². The summed E-state index contributed by atoms with van der Waals surface area (Å²) >= 11 is 0. The van der Waals surface area contributed by atoms with Crippen LogP contribution in [0.5, 0.6) is 0 Å². The molecule has 3 heteroatoms. The molecule has 0 fully saturated rings. The monoisotopic (exact) mass is 222 g/mol. The highest BCUT2D eigenvalue weighted by Gasteiger charge is 2.04. The molecule has 0 aromatic rings. The van der Waals surface area contributed by atoms with Gasteiger partial charge in [0.1, 0.15) is 0 Å². The van der Waals surface area contributed by atoms with Crippen molar-refractivity contribution in [1.29, 1.82) is 0 Å². The van der Waals surface area contributed by atoms with Gasteiger partial charge in [-0.15, -0.1) is 0 Å². The van der Waals surface area contributed by atoms with Crippen molar-refractivity contribution in [2.75, 3.05) is 6.61 Å². The van der Waals surface area contributed by atoms with E-state index >= 15 is 0 Å². The molecule has 0 aromatic heterocycles. The van der Waals surface area contributed by atoms with Crippen molar-refractivity contribution in [2.45, 2.75) is 60.7 Å². The zero-order valence-corrected chi connectivity index (χ0v) is 10.1. The Morgan fingerprint density at radius 2 is 1.20 bits per heavy atom. The molecular formula is C12H30O3. The van der Waals surface area contributed by atoms with Gasteiger partial charge in [0.2, 0.25) is 0 Å². The summed E-state index contributed by atoms with van der Waals surface area (Å²) in [5, 5.41) is 25.9. The fraction of sp³-hybridized carbons (Fsp3) is 1.00. The van der Waals surface area contributed by atoms with Gasteiger partial charge < -0.3 is 15.3 Å². The molecule has 2 atom stereocenters. The second-order valence-electron chi connectivity index (χ2n) is 4.21. The molecule has 0 saturated carbocycles. The van der Waals surface area contributed by atoms with Crippen molar-refractivity contribution < 1.29 is 15.3 Å². The van der Waals surface area contributed by atoms with Gasteiger partial charge in [-0.25, -0.2) is 0 Å². The maximum Gasteiger partial charge on any atom is 0.0793 e. The fourth-order valence-corrected chi connectivity index (χ4v) is 0.682. The Morgan fingerprint density at radius 3 is 1.20 bits per heavy atom. The minimum atomic E-state index is -0.542. The van der Waals surface area contributed by atoms with E-state index in [4.69, 9.17) is 15.3 Å². The van der Waals surface area contributed by atoms with Gasteiger partial charge in [-0.3, -0.25) is 0 Å². The standard InChI is InChI=1S/C6H14O.C5H12O2.CH4/c1-4-6(7)5(2)3;1-4(2)5(7)3-6;/h5-7H,4H2,1-3H3;4-7H,3H2,1-2H3;1H4/t6-;5-;/m10./s1. The van der Waals surface area contributed by atoms with Gasteiger partial charge in [0, 0.05) is 0 Å². The molecule has 0 bridgehead atoms. The van der Waals surface area contributed by atoms with E-state index in [1.165, 1.54) is 0 Å². The van der Waals surface area contributed by atoms with Crippen molar-refractivity contribution in [2.24, 2.45) is 11.8 Å². The second-order valence-corrected chi connectivity index (χ2v) is 4.21. The molecule has 0 aromatic carbocycles. The van der Waals surface area contributed by atoms with Gasteiger partial charge in [-0.2, -0.15) is 0 Å². The zero-order chi connectivity index (χ0) is 11.7. The molecule has 0 amide bonds. The van der Waals surface area contributed by atoms with Crippen LogP contribution in [0, 0.1) is 11.8 Å². The first-order valence-electron chi connectivity index (χ1n) is 5.33. The lowest BCUT2D eigenvalue weighted by Crippen LogP contribution is -2.18. The molecule has 96 valence electrons. The van der Waals surface area contributed by atoms with Crippen molar-refractivity contribution in [3.05, 3.63) is 0 Å². The summed E-state index contributed by atoms with van der Waals surface area (Å²) in [5.41, 5.74) is 0. The molecule has 0 unspecified atom stereocenters. The van der Waals surface area contributed by atoms with Crippen LogP contribution in [0.25, 0.3) is 0 Å². The molecule has 0 saturated heterocycles. The third kappa shape index (κ3) is 13.9. The Kier molecular flexibility index (Phi) is 16.2. The van der Waals surface area contributed by atoms with E-state index in [2.05, 4.69) is 0 Å². The van der Waals surface area contributed by atoms with Gasteiger partial charge in [0.25, 0.3) is 0 Å². The second kappa shape index (κ2) is 12.0. The van der Waals surface area contributed by atoms with E-state index in [1.54, 1.807) is 0 Å². The number of aliphatic hydroxyl groups is 3. The van der Waals surface area contributed by atoms with Crippen molar-refractivity contribution in [3.8, 4) is 0 Å². The van der Waals surface area contributed by atoms with E-state index in [-0.39, 0.29) is 26.1 Å². The van der Waals surface area contributed by atoms with Crippen LogP contribution >= 0.6 is 0 Å². The predicted molar refractivity (Wildman–Crippen MR) is 65.8 cm³/mol. The molecule has 3 nitrogen and oxygen atoms in total. The maximum absolute atomic E-state index is 8.94. The van der Waals surface area contributed by atoms with Crippen LogP contribution in [0.4, 0.5) is 0 Å². The summed E-state index contributed by atoms with van der Waals surface area (Å²) in [6, 6.07) is 0. The summed E-state index contributed by atoms with van der Waals surface area (Å²) < 4.78 is 0. The maximum atomic E-state index is 8.94. The summed E-state index contributed by atoms with van der Waals surface area (Å²) in [7, 11) is 0. The normalized spacial score (nSPS) is 14.0. The van der Waals surface area contributed by atoms with E-state index in [0.717, 1.165) is 6.42 Å². The first kappa shape index (κ1) is 20.3. The smallest absolute Gasteiger partial charge is 0.0793 e. The van der Waals surface area contributed by atoms with Crippen molar-refractivity contribution in [3.63, 3.8) is 0 Å². The SMILES string of the molecule is C.CC(C)[C@@H](O)CO.CC[C@@H](O)C(C)C. The first-order chi connectivity index (χ1) is 6.36. The summed E-state index contributed by atoms with van der Waals surface area (Å²) in [5.74, 6) is 0.593. The highest BCUT2D eigenvalue weighted by molar-refractivity contribution is 4.55. The van der Waals surface area contributed by atoms with Crippen molar-refractivity contribution >= 4 is 0 Å². The Labute approximate surface area is 95.1 Å². The van der Waals surface area contributed by atoms with E-state index < -0.39 is 6.10 Å². The Hall–Kier alpha value is -0.120. The molecule has 15 heavy (non-hydrogen) atoms. The zero-order valence-electron chi connectivity index (χ0n) is 10.1. The number of hydrogen-bond acceptors (Lipinski definition) is 3. The average Bonchev–Trinajstić information content (AvgIpc) is 2.15. The van der Waals surface area contributed by atoms with Crippen LogP contribution in [0.15, 0.2) is 0 Å². The molecule has 0 rings (SSSR count). The quantitative estimate of drug-likeness (QED) is 0.682. The molecule has 3 N–H and O–H groups in total. The number of hydrogen-bond donors (Lipinski definition) is 3. The van der Waals surface area contributed by atoms with Crippen molar-refractivity contribution in [1.82, 2.24) is 0 Å². The van der Waals surface area contributed by atoms with E-state index in [1.807, 2.05) is 34.6 Å². The lowest BCUT2D eigenvalue weighted by Gasteiger charge is -2.09. The Bertz CT molecular complexity index is 99.4. The van der Waals surface area contributed by atoms with Gasteiger partial charge in [-0.1, -0.05) is 42.0 Å². The van der Waals surface area contributed by atoms with Crippen LogP contribution in [-0.4, -0.2) is 34.1 Å². The minimum Gasteiger partial charge on any atom is -0.394 e. The lowest BCUT2D eigenvalue weighted by molar-refractivity contribution is 0.0597. The molecule has 0 radical (unpaired) electrons. The molecular weight excluding hydrogens is 192 g/mol. The predicted octanol–water partition coefficient (Wildman–Crippen LogP) is 2.04. The third-order valence-corrected chi connectivity index (χ3v) is 2.14. The summed E-state index contributed by atoms with van der Waals surface area (Å²) in [4.78, 5) is 0. The van der Waals surface area contributed by atoms with Crippen LogP contribution in [-0.2, 0) is 0 Å². The fourth-order valence-electron chi connectivity index (χ4n) is 0.682. The molecule has 0 spiro atoms. The Morgan fingerprint density at radius 1 is 0.867 bits per heavy atom. The highest BCUT2D eigenvalue weighted by Crippen LogP contribution is 2.02. The van der Waals surface area contributed by atoms with Crippen LogP contribution in [0.1, 0.15) is 48.5 Å². The molecule has 0 aliphatic carbocycles. The van der Waals surface area contributed by atoms with Crippen LogP contribution in [0.2, 0.25) is 0 Å². The molecule has 0 aliphatic heterocycles. The molecule has 0 heterocycles. The summed E-state index contributed by atoms with van der Waals surface area (Å²) in [6.07, 6.45) is 0.234. The third-order valence-electron chi connectivity index (χ3n) is 2.14. The average molecular weight is 222 g/mol. The van der Waals surface area contributed by atoms with E-state index in [9.17, 15) is 0 Å². The lowest BCUT2D eigenvalue weighted by atomic mass is 10.1. The van der Waals surface area contributed by atoms with Crippen LogP contribution < -0.4 is 0 Å². The number of aliphatic hydroxyl groups excluding tert-OH is 3. The topological polar surface area (TPSA) is 60.7 Å². The summed E-state index contributed by atoms with van der Waals surface area (Å²) in [6.45, 7) is 9.63. The highest BCUT2D eigenvalue weighted by atomic mass is 16.3. The van der Waals surface area contributed by atoms with Gasteiger partial charge in [-0.05, 0) is 18.3 Å². The van der Waals surface area contributed by atoms with Crippen LogP contribution in [0.3, 0.4) is 0 Å².